The fraction of sp³-hybridized carbons (Fsp3) is 0.500. The van der Waals surface area contributed by atoms with E-state index in [-0.39, 0.29) is 0 Å². The summed E-state index contributed by atoms with van der Waals surface area (Å²) in [5, 5.41) is 4.11. The van der Waals surface area contributed by atoms with Crippen molar-refractivity contribution in [3.8, 4) is 5.88 Å². The van der Waals surface area contributed by atoms with Crippen molar-refractivity contribution < 1.29 is 9.53 Å². The largest absolute Gasteiger partial charge is 0.479 e. The molecule has 2 rings (SSSR count). The van der Waals surface area contributed by atoms with Gasteiger partial charge < -0.3 is 10.5 Å². The molecule has 0 unspecified atom stereocenters. The third kappa shape index (κ3) is 1.37. The van der Waals surface area contributed by atoms with Gasteiger partial charge in [-0.2, -0.15) is 0 Å². The number of hydrogen-bond acceptors (Lipinski definition) is 3. The van der Waals surface area contributed by atoms with Crippen LogP contribution in [0.15, 0.2) is 6.20 Å². The van der Waals surface area contributed by atoms with Gasteiger partial charge in [-0.3, -0.25) is 9.48 Å². The number of ether oxygens (including phenoxy) is 1. The summed E-state index contributed by atoms with van der Waals surface area (Å²) < 4.78 is 6.68. The summed E-state index contributed by atoms with van der Waals surface area (Å²) in [7, 11) is 1.48. The molecule has 2 N–H and O–H groups in total. The summed E-state index contributed by atoms with van der Waals surface area (Å²) >= 11 is 0. The second kappa shape index (κ2) is 2.76. The Balaban J connectivity index is 2.36. The van der Waals surface area contributed by atoms with Gasteiger partial charge in [0.15, 0.2) is 0 Å². The van der Waals surface area contributed by atoms with Crippen molar-refractivity contribution in [3.63, 3.8) is 0 Å². The number of primary amides is 1. The molecule has 0 radical (unpaired) electrons. The van der Waals surface area contributed by atoms with Crippen molar-refractivity contribution >= 4 is 5.91 Å². The van der Waals surface area contributed by atoms with E-state index in [1.807, 2.05) is 0 Å². The standard InChI is InChI=1S/C8H11N3O2/c1-13-8-6(7(9)12)4-11(10-8)5-2-3-5/h4-5H,2-3H2,1H3,(H2,9,12). The summed E-state index contributed by atoms with van der Waals surface area (Å²) in [6.45, 7) is 0. The Morgan fingerprint density at radius 3 is 2.85 bits per heavy atom. The van der Waals surface area contributed by atoms with Crippen molar-refractivity contribution in [1.82, 2.24) is 9.78 Å². The van der Waals surface area contributed by atoms with Crippen LogP contribution in [0.25, 0.3) is 0 Å². The van der Waals surface area contributed by atoms with Gasteiger partial charge in [-0.15, -0.1) is 5.10 Å². The van der Waals surface area contributed by atoms with E-state index in [9.17, 15) is 4.79 Å². The number of amides is 1. The van der Waals surface area contributed by atoms with E-state index in [0.717, 1.165) is 12.8 Å². The summed E-state index contributed by atoms with van der Waals surface area (Å²) in [6.07, 6.45) is 3.88. The van der Waals surface area contributed by atoms with Crippen molar-refractivity contribution in [3.05, 3.63) is 11.8 Å². The monoisotopic (exact) mass is 181 g/mol. The molecule has 1 heterocycles. The Morgan fingerprint density at radius 1 is 1.77 bits per heavy atom. The molecule has 1 aromatic heterocycles. The summed E-state index contributed by atoms with van der Waals surface area (Å²) in [4.78, 5) is 10.9. The van der Waals surface area contributed by atoms with Crippen molar-refractivity contribution in [2.45, 2.75) is 18.9 Å². The lowest BCUT2D eigenvalue weighted by molar-refractivity contribution is 0.0997. The highest BCUT2D eigenvalue weighted by molar-refractivity contribution is 5.94. The average Bonchev–Trinajstić information content (AvgIpc) is 2.84. The molecule has 5 nitrogen and oxygen atoms in total. The highest BCUT2D eigenvalue weighted by Crippen LogP contribution is 2.35. The minimum Gasteiger partial charge on any atom is -0.479 e. The first-order valence-corrected chi connectivity index (χ1v) is 4.15. The second-order valence-corrected chi connectivity index (χ2v) is 3.13. The lowest BCUT2D eigenvalue weighted by Crippen LogP contribution is -2.11. The van der Waals surface area contributed by atoms with E-state index in [1.54, 1.807) is 10.9 Å². The Labute approximate surface area is 75.5 Å². The summed E-state index contributed by atoms with van der Waals surface area (Å²) in [6, 6.07) is 0.432. The maximum Gasteiger partial charge on any atom is 0.255 e. The van der Waals surface area contributed by atoms with Gasteiger partial charge in [-0.1, -0.05) is 0 Å². The molecular weight excluding hydrogens is 170 g/mol. The van der Waals surface area contributed by atoms with Crippen LogP contribution in [0.5, 0.6) is 5.88 Å². The molecule has 0 bridgehead atoms. The van der Waals surface area contributed by atoms with Gasteiger partial charge in [-0.25, -0.2) is 0 Å². The molecule has 1 aromatic rings. The van der Waals surface area contributed by atoms with Gasteiger partial charge in [0.25, 0.3) is 5.91 Å². The van der Waals surface area contributed by atoms with E-state index < -0.39 is 5.91 Å². The van der Waals surface area contributed by atoms with E-state index in [0.29, 0.717) is 17.5 Å². The molecule has 1 saturated carbocycles. The number of aromatic nitrogens is 2. The molecule has 1 fully saturated rings. The predicted molar refractivity (Wildman–Crippen MR) is 45.6 cm³/mol. The molecule has 1 aliphatic carbocycles. The minimum atomic E-state index is -0.497. The fourth-order valence-electron chi connectivity index (χ4n) is 1.22. The van der Waals surface area contributed by atoms with Crippen molar-refractivity contribution in [2.24, 2.45) is 5.73 Å². The van der Waals surface area contributed by atoms with Crippen LogP contribution in [0.4, 0.5) is 0 Å². The van der Waals surface area contributed by atoms with E-state index in [4.69, 9.17) is 10.5 Å². The van der Waals surface area contributed by atoms with Gasteiger partial charge in [0.2, 0.25) is 5.88 Å². The lowest BCUT2D eigenvalue weighted by Gasteiger charge is -1.94. The van der Waals surface area contributed by atoms with Gasteiger partial charge in [0, 0.05) is 6.20 Å². The third-order valence-corrected chi connectivity index (χ3v) is 2.08. The first-order valence-electron chi connectivity index (χ1n) is 4.15. The number of rotatable bonds is 3. The normalized spacial score (nSPS) is 15.8. The number of carbonyl (C=O) groups excluding carboxylic acids is 1. The van der Waals surface area contributed by atoms with Gasteiger partial charge in [-0.05, 0) is 12.8 Å². The third-order valence-electron chi connectivity index (χ3n) is 2.08. The Kier molecular flexibility index (Phi) is 1.72. The Hall–Kier alpha value is -1.52. The maximum absolute atomic E-state index is 10.9. The lowest BCUT2D eigenvalue weighted by atomic mass is 10.3. The summed E-state index contributed by atoms with van der Waals surface area (Å²) in [5.74, 6) is -0.178. The molecule has 0 aliphatic heterocycles. The highest BCUT2D eigenvalue weighted by atomic mass is 16.5. The van der Waals surface area contributed by atoms with Crippen molar-refractivity contribution in [2.75, 3.05) is 7.11 Å². The van der Waals surface area contributed by atoms with Gasteiger partial charge >= 0.3 is 0 Å². The van der Waals surface area contributed by atoms with Crippen LogP contribution in [0.3, 0.4) is 0 Å². The topological polar surface area (TPSA) is 70.1 Å². The highest BCUT2D eigenvalue weighted by Gasteiger charge is 2.27. The van der Waals surface area contributed by atoms with E-state index in [2.05, 4.69) is 5.10 Å². The molecule has 70 valence electrons. The van der Waals surface area contributed by atoms with Crippen LogP contribution in [0.1, 0.15) is 29.2 Å². The molecule has 13 heavy (non-hydrogen) atoms. The maximum atomic E-state index is 10.9. The molecule has 1 amide bonds. The van der Waals surface area contributed by atoms with Gasteiger partial charge in [0.05, 0.1) is 13.2 Å². The Bertz CT molecular complexity index is 341. The SMILES string of the molecule is COc1nn(C2CC2)cc1C(N)=O. The van der Waals surface area contributed by atoms with E-state index >= 15 is 0 Å². The fourth-order valence-corrected chi connectivity index (χ4v) is 1.22. The number of nitrogens with zero attached hydrogens (tertiary/aromatic N) is 2. The number of carbonyl (C=O) groups is 1. The van der Waals surface area contributed by atoms with Crippen LogP contribution < -0.4 is 10.5 Å². The molecule has 0 saturated heterocycles. The minimum absolute atomic E-state index is 0.319. The first-order chi connectivity index (χ1) is 6.22. The molecule has 0 spiro atoms. The molecular formula is C8H11N3O2. The zero-order chi connectivity index (χ0) is 9.42. The number of hydrogen-bond donors (Lipinski definition) is 1. The number of nitrogens with two attached hydrogens (primary N) is 1. The molecule has 1 aliphatic rings. The zero-order valence-electron chi connectivity index (χ0n) is 7.36. The Morgan fingerprint density at radius 2 is 2.46 bits per heavy atom. The predicted octanol–water partition coefficient (Wildman–Crippen LogP) is 0.326. The van der Waals surface area contributed by atoms with Crippen LogP contribution in [-0.4, -0.2) is 22.8 Å². The van der Waals surface area contributed by atoms with Crippen LogP contribution in [-0.2, 0) is 0 Å². The zero-order valence-corrected chi connectivity index (χ0v) is 7.36. The van der Waals surface area contributed by atoms with Crippen molar-refractivity contribution in [1.29, 1.82) is 0 Å². The second-order valence-electron chi connectivity index (χ2n) is 3.13. The number of methoxy groups -OCH3 is 1. The van der Waals surface area contributed by atoms with Crippen LogP contribution in [0.2, 0.25) is 0 Å². The summed E-state index contributed by atoms with van der Waals surface area (Å²) in [5.41, 5.74) is 5.51. The molecule has 0 atom stereocenters. The molecule has 0 aromatic carbocycles. The quantitative estimate of drug-likeness (QED) is 0.730. The first kappa shape index (κ1) is 8.10. The average molecular weight is 181 g/mol. The van der Waals surface area contributed by atoms with Gasteiger partial charge in [0.1, 0.15) is 5.56 Å². The van der Waals surface area contributed by atoms with Crippen LogP contribution >= 0.6 is 0 Å². The van der Waals surface area contributed by atoms with E-state index in [1.165, 1.54) is 7.11 Å². The smallest absolute Gasteiger partial charge is 0.255 e. The van der Waals surface area contributed by atoms with Crippen LogP contribution in [0, 0.1) is 0 Å². The molecule has 5 heteroatoms.